The van der Waals surface area contributed by atoms with Crippen molar-refractivity contribution in [1.82, 2.24) is 24.9 Å². The van der Waals surface area contributed by atoms with Gasteiger partial charge in [0.25, 0.3) is 5.91 Å². The molecule has 0 bridgehead atoms. The van der Waals surface area contributed by atoms with Crippen molar-refractivity contribution in [3.63, 3.8) is 0 Å². The highest BCUT2D eigenvalue weighted by Crippen LogP contribution is 2.18. The molecule has 1 amide bonds. The summed E-state index contributed by atoms with van der Waals surface area (Å²) in [5.41, 5.74) is 1.15. The van der Waals surface area contributed by atoms with Gasteiger partial charge in [-0.3, -0.25) is 4.79 Å². The molecule has 6 nitrogen and oxygen atoms in total. The largest absolute Gasteiger partial charge is 0.350 e. The van der Waals surface area contributed by atoms with Crippen LogP contribution in [-0.2, 0) is 6.42 Å². The van der Waals surface area contributed by atoms with Crippen LogP contribution in [0, 0.1) is 0 Å². The van der Waals surface area contributed by atoms with Gasteiger partial charge in [0.1, 0.15) is 0 Å². The molecule has 1 N–H and O–H groups in total. The van der Waals surface area contributed by atoms with Gasteiger partial charge in [-0.25, -0.2) is 0 Å². The Balaban J connectivity index is 1.61. The second-order valence-corrected chi connectivity index (χ2v) is 6.72. The minimum atomic E-state index is -0.229. The molecule has 0 saturated heterocycles. The van der Waals surface area contributed by atoms with Crippen LogP contribution in [0.3, 0.4) is 0 Å². The molecule has 7 heteroatoms. The van der Waals surface area contributed by atoms with E-state index in [1.165, 1.54) is 4.88 Å². The Kier molecular flexibility index (Phi) is 4.61. The number of nitrogens with zero attached hydrogens (tertiary/aromatic N) is 4. The topological polar surface area (TPSA) is 64.7 Å². The molecular weight excluding hydrogens is 346 g/mol. The van der Waals surface area contributed by atoms with Crippen LogP contribution in [0.4, 0.5) is 0 Å². The Morgan fingerprint density at radius 2 is 1.85 bits per heavy atom. The van der Waals surface area contributed by atoms with Gasteiger partial charge in [0.05, 0.1) is 5.69 Å². The summed E-state index contributed by atoms with van der Waals surface area (Å²) in [5.74, 6) is 0.391. The number of carbonyl (C=O) groups excluding carboxylic acids is 1. The number of nitrogens with one attached hydrogen (secondary N) is 1. The second-order valence-electron chi connectivity index (χ2n) is 5.68. The zero-order valence-corrected chi connectivity index (χ0v) is 14.8. The predicted octanol–water partition coefficient (Wildman–Crippen LogP) is 3.09. The molecule has 3 heterocycles. The van der Waals surface area contributed by atoms with Crippen LogP contribution in [0.25, 0.3) is 11.5 Å². The first kappa shape index (κ1) is 16.3. The highest BCUT2D eigenvalue weighted by Gasteiger charge is 2.21. The zero-order chi connectivity index (χ0) is 17.8. The van der Waals surface area contributed by atoms with Gasteiger partial charge < -0.3 is 9.88 Å². The van der Waals surface area contributed by atoms with Crippen LogP contribution in [0.1, 0.15) is 15.4 Å². The van der Waals surface area contributed by atoms with E-state index in [1.54, 1.807) is 16.0 Å². The van der Waals surface area contributed by atoms with E-state index in [0.29, 0.717) is 18.1 Å². The Hall–Kier alpha value is -3.19. The number of rotatable bonds is 6. The fourth-order valence-corrected chi connectivity index (χ4v) is 3.42. The van der Waals surface area contributed by atoms with Crippen LogP contribution in [0.15, 0.2) is 72.4 Å². The summed E-state index contributed by atoms with van der Waals surface area (Å²) in [6.45, 7) is 0.558. The molecule has 4 aromatic rings. The number of para-hydroxylation sites is 1. The Morgan fingerprint density at radius 1 is 1.04 bits per heavy atom. The number of aromatic nitrogens is 4. The SMILES string of the molecule is O=C(NCCc1cccs1)c1nnn(-c2ccccc2)c1-n1cccc1. The van der Waals surface area contributed by atoms with E-state index in [-0.39, 0.29) is 5.91 Å². The second kappa shape index (κ2) is 7.37. The highest BCUT2D eigenvalue weighted by atomic mass is 32.1. The van der Waals surface area contributed by atoms with Gasteiger partial charge in [-0.05, 0) is 42.1 Å². The number of thiophene rings is 1. The average Bonchev–Trinajstić information content (AvgIpc) is 3.42. The average molecular weight is 363 g/mol. The van der Waals surface area contributed by atoms with E-state index >= 15 is 0 Å². The maximum Gasteiger partial charge on any atom is 0.275 e. The monoisotopic (exact) mass is 363 g/mol. The normalized spacial score (nSPS) is 10.8. The van der Waals surface area contributed by atoms with Crippen molar-refractivity contribution in [3.8, 4) is 11.5 Å². The Labute approximate surface area is 154 Å². The van der Waals surface area contributed by atoms with E-state index in [9.17, 15) is 4.79 Å². The first-order valence-electron chi connectivity index (χ1n) is 8.28. The minimum absolute atomic E-state index is 0.229. The molecule has 0 fully saturated rings. The van der Waals surface area contributed by atoms with Crippen molar-refractivity contribution in [2.45, 2.75) is 6.42 Å². The third kappa shape index (κ3) is 3.29. The van der Waals surface area contributed by atoms with Crippen molar-refractivity contribution in [2.24, 2.45) is 0 Å². The number of hydrogen-bond acceptors (Lipinski definition) is 4. The first-order valence-corrected chi connectivity index (χ1v) is 9.16. The Morgan fingerprint density at radius 3 is 2.58 bits per heavy atom. The van der Waals surface area contributed by atoms with Crippen LogP contribution in [0.2, 0.25) is 0 Å². The summed E-state index contributed by atoms with van der Waals surface area (Å²) in [5, 5.41) is 13.3. The molecule has 26 heavy (non-hydrogen) atoms. The van der Waals surface area contributed by atoms with Gasteiger partial charge >= 0.3 is 0 Å². The van der Waals surface area contributed by atoms with Gasteiger partial charge in [0, 0.05) is 23.8 Å². The van der Waals surface area contributed by atoms with Crippen molar-refractivity contribution >= 4 is 17.2 Å². The minimum Gasteiger partial charge on any atom is -0.350 e. The molecule has 130 valence electrons. The molecule has 3 aromatic heterocycles. The van der Waals surface area contributed by atoms with Crippen molar-refractivity contribution in [1.29, 1.82) is 0 Å². The number of carbonyl (C=O) groups is 1. The lowest BCUT2D eigenvalue weighted by Crippen LogP contribution is -2.27. The maximum absolute atomic E-state index is 12.7. The van der Waals surface area contributed by atoms with Crippen molar-refractivity contribution in [2.75, 3.05) is 6.54 Å². The summed E-state index contributed by atoms with van der Waals surface area (Å²) < 4.78 is 3.52. The van der Waals surface area contributed by atoms with Gasteiger partial charge in [-0.2, -0.15) is 4.68 Å². The van der Waals surface area contributed by atoms with Crippen molar-refractivity contribution in [3.05, 3.63) is 82.9 Å². The molecule has 0 radical (unpaired) electrons. The number of amides is 1. The quantitative estimate of drug-likeness (QED) is 0.572. The number of benzene rings is 1. The van der Waals surface area contributed by atoms with Gasteiger partial charge in [-0.15, -0.1) is 16.4 Å². The maximum atomic E-state index is 12.7. The molecule has 0 aliphatic heterocycles. The Bertz CT molecular complexity index is 975. The van der Waals surface area contributed by atoms with Crippen LogP contribution in [-0.4, -0.2) is 32.0 Å². The van der Waals surface area contributed by atoms with Crippen LogP contribution in [0.5, 0.6) is 0 Å². The fourth-order valence-electron chi connectivity index (χ4n) is 2.71. The van der Waals surface area contributed by atoms with E-state index in [0.717, 1.165) is 12.1 Å². The first-order chi connectivity index (χ1) is 12.8. The highest BCUT2D eigenvalue weighted by molar-refractivity contribution is 7.09. The smallest absolute Gasteiger partial charge is 0.275 e. The summed E-state index contributed by atoms with van der Waals surface area (Å²) in [4.78, 5) is 13.9. The third-order valence-corrected chi connectivity index (χ3v) is 4.88. The molecule has 0 aliphatic carbocycles. The fraction of sp³-hybridized carbons (Fsp3) is 0.105. The van der Waals surface area contributed by atoms with Crippen LogP contribution < -0.4 is 5.32 Å². The molecule has 0 aliphatic rings. The molecule has 0 atom stereocenters. The standard InChI is InChI=1S/C19H17N5OS/c25-18(20-11-10-16-9-6-14-26-16)17-19(23-12-4-5-13-23)24(22-21-17)15-7-2-1-3-8-15/h1-9,12-14H,10-11H2,(H,20,25). The lowest BCUT2D eigenvalue weighted by atomic mass is 10.3. The van der Waals surface area contributed by atoms with Gasteiger partial charge in [-0.1, -0.05) is 29.5 Å². The van der Waals surface area contributed by atoms with E-state index in [2.05, 4.69) is 21.7 Å². The third-order valence-electron chi connectivity index (χ3n) is 3.95. The summed E-state index contributed by atoms with van der Waals surface area (Å²) in [6, 6.07) is 17.5. The molecule has 0 unspecified atom stereocenters. The molecule has 4 rings (SSSR count). The van der Waals surface area contributed by atoms with E-state index in [1.807, 2.05) is 70.9 Å². The van der Waals surface area contributed by atoms with E-state index in [4.69, 9.17) is 0 Å². The predicted molar refractivity (Wildman–Crippen MR) is 101 cm³/mol. The van der Waals surface area contributed by atoms with E-state index < -0.39 is 0 Å². The summed E-state index contributed by atoms with van der Waals surface area (Å²) in [6.07, 6.45) is 4.55. The molecule has 1 aromatic carbocycles. The lowest BCUT2D eigenvalue weighted by molar-refractivity contribution is 0.0949. The lowest BCUT2D eigenvalue weighted by Gasteiger charge is -2.09. The molecule has 0 spiro atoms. The van der Waals surface area contributed by atoms with Crippen LogP contribution >= 0.6 is 11.3 Å². The molecular formula is C19H17N5OS. The van der Waals surface area contributed by atoms with Gasteiger partial charge in [0.2, 0.25) is 0 Å². The van der Waals surface area contributed by atoms with Gasteiger partial charge in [0.15, 0.2) is 11.5 Å². The van der Waals surface area contributed by atoms with Crippen molar-refractivity contribution < 1.29 is 4.79 Å². The summed E-state index contributed by atoms with van der Waals surface area (Å²) in [7, 11) is 0. The molecule has 0 saturated carbocycles. The summed E-state index contributed by atoms with van der Waals surface area (Å²) >= 11 is 1.69. The number of hydrogen-bond donors (Lipinski definition) is 1. The zero-order valence-electron chi connectivity index (χ0n) is 13.9.